The number of hydrogen-bond donors (Lipinski definition) is 2. The van der Waals surface area contributed by atoms with Gasteiger partial charge in [-0.25, -0.2) is 8.42 Å². The molecule has 2 amide bonds. The number of benzene rings is 3. The minimum absolute atomic E-state index is 0.0346. The van der Waals surface area contributed by atoms with Crippen LogP contribution in [-0.4, -0.2) is 40.0 Å². The van der Waals surface area contributed by atoms with E-state index in [-0.39, 0.29) is 28.7 Å². The number of anilines is 3. The summed E-state index contributed by atoms with van der Waals surface area (Å²) < 4.78 is 40.3. The monoisotopic (exact) mass is 563 g/mol. The Bertz CT molecular complexity index is 1500. The topological polar surface area (TPSA) is 114 Å². The molecule has 5 rings (SSSR count). The van der Waals surface area contributed by atoms with Crippen molar-refractivity contribution in [2.45, 2.75) is 55.9 Å². The van der Waals surface area contributed by atoms with Gasteiger partial charge in [0.2, 0.25) is 11.8 Å². The van der Waals surface area contributed by atoms with Crippen molar-refractivity contribution in [3.63, 3.8) is 0 Å². The van der Waals surface area contributed by atoms with E-state index in [4.69, 9.17) is 9.47 Å². The summed E-state index contributed by atoms with van der Waals surface area (Å²) in [5, 5.41) is 2.61. The van der Waals surface area contributed by atoms with Crippen molar-refractivity contribution >= 4 is 38.9 Å². The van der Waals surface area contributed by atoms with Crippen molar-refractivity contribution in [1.82, 2.24) is 0 Å². The van der Waals surface area contributed by atoms with Crippen LogP contribution in [0, 0.1) is 0 Å². The molecule has 1 heterocycles. The Morgan fingerprint density at radius 2 is 1.70 bits per heavy atom. The summed E-state index contributed by atoms with van der Waals surface area (Å²) in [6.45, 7) is 1.85. The van der Waals surface area contributed by atoms with Gasteiger partial charge in [-0.2, -0.15) is 0 Å². The standard InChI is InChI=1S/C30H33N3O6S/c1-20(34)31-23-11-13-27(14-12-23)40(36,37)32-24-6-5-7-25(18-24)33-19-22(17-30(33)35)21-10-15-28(38-2)29(16-21)39-26-8-3-4-9-26/h5-7,10-16,18,22,26,32H,3-4,8-9,17,19H2,1-2H3,(H,31,34). The first-order chi connectivity index (χ1) is 19.2. The fraction of sp³-hybridized carbons (Fsp3) is 0.333. The summed E-state index contributed by atoms with van der Waals surface area (Å²) in [6, 6.07) is 18.6. The third kappa shape index (κ3) is 6.22. The van der Waals surface area contributed by atoms with E-state index in [1.165, 1.54) is 44.0 Å². The lowest BCUT2D eigenvalue weighted by molar-refractivity contribution is -0.117. The first-order valence-electron chi connectivity index (χ1n) is 13.4. The molecule has 2 N–H and O–H groups in total. The smallest absolute Gasteiger partial charge is 0.261 e. The van der Waals surface area contributed by atoms with Crippen LogP contribution in [0.4, 0.5) is 17.1 Å². The first-order valence-corrected chi connectivity index (χ1v) is 14.9. The Morgan fingerprint density at radius 1 is 0.950 bits per heavy atom. The zero-order chi connectivity index (χ0) is 28.3. The van der Waals surface area contributed by atoms with E-state index >= 15 is 0 Å². The summed E-state index contributed by atoms with van der Waals surface area (Å²) in [4.78, 5) is 26.0. The maximum absolute atomic E-state index is 13.1. The Balaban J connectivity index is 1.30. The number of ether oxygens (including phenoxy) is 2. The van der Waals surface area contributed by atoms with Crippen LogP contribution in [0.5, 0.6) is 11.5 Å². The molecule has 1 aliphatic heterocycles. The molecule has 0 radical (unpaired) electrons. The molecule has 1 unspecified atom stereocenters. The molecule has 210 valence electrons. The molecule has 3 aromatic rings. The van der Waals surface area contributed by atoms with E-state index in [9.17, 15) is 18.0 Å². The third-order valence-electron chi connectivity index (χ3n) is 7.27. The summed E-state index contributed by atoms with van der Waals surface area (Å²) in [7, 11) is -2.26. The lowest BCUT2D eigenvalue weighted by Crippen LogP contribution is -2.24. The Hall–Kier alpha value is -4.05. The fourth-order valence-corrected chi connectivity index (χ4v) is 6.33. The van der Waals surface area contributed by atoms with Gasteiger partial charge in [-0.3, -0.25) is 14.3 Å². The van der Waals surface area contributed by atoms with Crippen molar-refractivity contribution in [2.24, 2.45) is 0 Å². The van der Waals surface area contributed by atoms with E-state index in [0.29, 0.717) is 41.5 Å². The van der Waals surface area contributed by atoms with Crippen molar-refractivity contribution in [1.29, 1.82) is 0 Å². The number of rotatable bonds is 9. The highest BCUT2D eigenvalue weighted by molar-refractivity contribution is 7.92. The zero-order valence-electron chi connectivity index (χ0n) is 22.6. The van der Waals surface area contributed by atoms with Crippen molar-refractivity contribution in [2.75, 3.05) is 28.6 Å². The maximum atomic E-state index is 13.1. The second-order valence-electron chi connectivity index (χ2n) is 10.2. The average molecular weight is 564 g/mol. The number of carbonyl (C=O) groups is 2. The van der Waals surface area contributed by atoms with Gasteiger partial charge in [0.15, 0.2) is 11.5 Å². The van der Waals surface area contributed by atoms with E-state index in [1.54, 1.807) is 36.3 Å². The predicted octanol–water partition coefficient (Wildman–Crippen LogP) is 5.30. The Labute approximate surface area is 234 Å². The lowest BCUT2D eigenvalue weighted by Gasteiger charge is -2.20. The molecule has 0 spiro atoms. The van der Waals surface area contributed by atoms with Crippen LogP contribution in [0.15, 0.2) is 71.6 Å². The molecule has 1 saturated heterocycles. The van der Waals surface area contributed by atoms with Gasteiger partial charge in [-0.1, -0.05) is 12.1 Å². The van der Waals surface area contributed by atoms with Gasteiger partial charge < -0.3 is 19.7 Å². The number of nitrogens with zero attached hydrogens (tertiary/aromatic N) is 1. The molecule has 1 atom stereocenters. The summed E-state index contributed by atoms with van der Waals surface area (Å²) in [5.74, 6) is 1.08. The van der Waals surface area contributed by atoms with Gasteiger partial charge in [0.05, 0.1) is 23.8 Å². The number of methoxy groups -OCH3 is 1. The van der Waals surface area contributed by atoms with Gasteiger partial charge in [-0.05, 0) is 85.8 Å². The quantitative estimate of drug-likeness (QED) is 0.365. The second kappa shape index (κ2) is 11.6. The summed E-state index contributed by atoms with van der Waals surface area (Å²) in [6.07, 6.45) is 4.92. The maximum Gasteiger partial charge on any atom is 0.261 e. The number of nitrogens with one attached hydrogen (secondary N) is 2. The van der Waals surface area contributed by atoms with Gasteiger partial charge in [0.25, 0.3) is 10.0 Å². The van der Waals surface area contributed by atoms with Crippen LogP contribution in [0.1, 0.15) is 50.5 Å². The van der Waals surface area contributed by atoms with Gasteiger partial charge in [0.1, 0.15) is 0 Å². The third-order valence-corrected chi connectivity index (χ3v) is 8.67. The van der Waals surface area contributed by atoms with Crippen LogP contribution in [0.25, 0.3) is 0 Å². The minimum atomic E-state index is -3.88. The van der Waals surface area contributed by atoms with Crippen LogP contribution < -0.4 is 24.4 Å². The minimum Gasteiger partial charge on any atom is -0.493 e. The van der Waals surface area contributed by atoms with Gasteiger partial charge in [-0.15, -0.1) is 0 Å². The molecule has 10 heteroatoms. The molecule has 2 aliphatic rings. The Morgan fingerprint density at radius 3 is 2.40 bits per heavy atom. The van der Waals surface area contributed by atoms with Crippen LogP contribution in [0.2, 0.25) is 0 Å². The van der Waals surface area contributed by atoms with Gasteiger partial charge >= 0.3 is 0 Å². The molecule has 0 aromatic heterocycles. The normalized spacial score (nSPS) is 17.6. The molecule has 40 heavy (non-hydrogen) atoms. The number of amides is 2. The average Bonchev–Trinajstić information content (AvgIpc) is 3.58. The SMILES string of the molecule is COc1ccc(C2CC(=O)N(c3cccc(NS(=O)(=O)c4ccc(NC(C)=O)cc4)c3)C2)cc1OC1CCCC1. The van der Waals surface area contributed by atoms with E-state index in [1.807, 2.05) is 18.2 Å². The molecule has 2 fully saturated rings. The Kier molecular flexibility index (Phi) is 7.97. The highest BCUT2D eigenvalue weighted by Crippen LogP contribution is 2.38. The number of hydrogen-bond acceptors (Lipinski definition) is 6. The van der Waals surface area contributed by atoms with E-state index < -0.39 is 10.0 Å². The van der Waals surface area contributed by atoms with Crippen LogP contribution in [-0.2, 0) is 19.6 Å². The van der Waals surface area contributed by atoms with Crippen LogP contribution >= 0.6 is 0 Å². The zero-order valence-corrected chi connectivity index (χ0v) is 23.4. The van der Waals surface area contributed by atoms with Crippen molar-refractivity contribution < 1.29 is 27.5 Å². The van der Waals surface area contributed by atoms with Crippen LogP contribution in [0.3, 0.4) is 0 Å². The summed E-state index contributed by atoms with van der Waals surface area (Å²) >= 11 is 0. The molecule has 0 bridgehead atoms. The highest BCUT2D eigenvalue weighted by Gasteiger charge is 2.32. The molecular weight excluding hydrogens is 530 g/mol. The molecule has 3 aromatic carbocycles. The van der Waals surface area contributed by atoms with Crippen molar-refractivity contribution in [3.05, 3.63) is 72.3 Å². The molecule has 1 saturated carbocycles. The van der Waals surface area contributed by atoms with Crippen molar-refractivity contribution in [3.8, 4) is 11.5 Å². The van der Waals surface area contributed by atoms with E-state index in [2.05, 4.69) is 10.0 Å². The lowest BCUT2D eigenvalue weighted by atomic mass is 9.98. The molecule has 9 nitrogen and oxygen atoms in total. The fourth-order valence-electron chi connectivity index (χ4n) is 5.28. The molecular formula is C30H33N3O6S. The number of sulfonamides is 1. The summed E-state index contributed by atoms with van der Waals surface area (Å²) in [5.41, 5.74) is 2.47. The van der Waals surface area contributed by atoms with Gasteiger partial charge in [0, 0.05) is 37.2 Å². The second-order valence-corrected chi connectivity index (χ2v) is 11.9. The largest absolute Gasteiger partial charge is 0.493 e. The predicted molar refractivity (Wildman–Crippen MR) is 154 cm³/mol. The highest BCUT2D eigenvalue weighted by atomic mass is 32.2. The molecule has 1 aliphatic carbocycles. The number of carbonyl (C=O) groups excluding carboxylic acids is 2. The van der Waals surface area contributed by atoms with E-state index in [0.717, 1.165) is 18.4 Å². The first kappa shape index (κ1) is 27.5.